The molecule has 1 fully saturated rings. The molecule has 154 valence electrons. The van der Waals surface area contributed by atoms with Gasteiger partial charge < -0.3 is 10.2 Å². The van der Waals surface area contributed by atoms with Crippen LogP contribution in [-0.2, 0) is 11.2 Å². The van der Waals surface area contributed by atoms with Crippen LogP contribution < -0.4 is 5.32 Å². The molecule has 0 bridgehead atoms. The molecule has 0 radical (unpaired) electrons. The van der Waals surface area contributed by atoms with Crippen LogP contribution in [0, 0.1) is 5.41 Å². The van der Waals surface area contributed by atoms with Crippen LogP contribution in [0.5, 0.6) is 0 Å². The van der Waals surface area contributed by atoms with Gasteiger partial charge in [-0.25, -0.2) is 0 Å². The quantitative estimate of drug-likeness (QED) is 0.657. The number of amides is 2. The number of rotatable bonds is 5. The topological polar surface area (TPSA) is 49.4 Å². The molecule has 3 aromatic rings. The van der Waals surface area contributed by atoms with E-state index in [1.165, 1.54) is 10.4 Å². The summed E-state index contributed by atoms with van der Waals surface area (Å²) in [6.07, 6.45) is 2.00. The lowest BCUT2D eigenvalue weighted by Gasteiger charge is -2.40. The first kappa shape index (κ1) is 20.4. The van der Waals surface area contributed by atoms with Crippen molar-refractivity contribution in [3.8, 4) is 10.4 Å². The summed E-state index contributed by atoms with van der Waals surface area (Å²) in [5, 5.41) is 4.95. The minimum Gasteiger partial charge on any atom is -0.359 e. The highest BCUT2D eigenvalue weighted by Crippen LogP contribution is 2.37. The van der Waals surface area contributed by atoms with Gasteiger partial charge in [-0.15, -0.1) is 11.3 Å². The summed E-state index contributed by atoms with van der Waals surface area (Å²) in [6, 6.07) is 22.0. The van der Waals surface area contributed by atoms with Gasteiger partial charge in [0.2, 0.25) is 5.91 Å². The van der Waals surface area contributed by atoms with Gasteiger partial charge in [0, 0.05) is 30.6 Å². The Balaban J connectivity index is 1.52. The van der Waals surface area contributed by atoms with Crippen LogP contribution >= 0.6 is 11.3 Å². The molecule has 2 amide bonds. The number of likely N-dealkylation sites (tertiary alicyclic amines) is 1. The third-order valence-electron chi connectivity index (χ3n) is 6.01. The second-order valence-corrected chi connectivity index (χ2v) is 8.82. The van der Waals surface area contributed by atoms with Crippen molar-refractivity contribution in [3.05, 3.63) is 83.2 Å². The smallest absolute Gasteiger partial charge is 0.253 e. The van der Waals surface area contributed by atoms with Crippen molar-refractivity contribution in [2.24, 2.45) is 5.41 Å². The minimum absolute atomic E-state index is 0.0424. The highest BCUT2D eigenvalue weighted by molar-refractivity contribution is 7.13. The lowest BCUT2D eigenvalue weighted by Crippen LogP contribution is -2.50. The van der Waals surface area contributed by atoms with Crippen molar-refractivity contribution in [1.82, 2.24) is 10.2 Å². The number of carbonyl (C=O) groups excluding carboxylic acids is 2. The second kappa shape index (κ2) is 8.84. The first-order valence-electron chi connectivity index (χ1n) is 10.3. The number of thiophene rings is 1. The minimum atomic E-state index is -0.490. The van der Waals surface area contributed by atoms with Gasteiger partial charge in [-0.1, -0.05) is 48.5 Å². The average molecular weight is 419 g/mol. The Morgan fingerprint density at radius 1 is 1.00 bits per heavy atom. The number of piperidine rings is 1. The fourth-order valence-corrected chi connectivity index (χ4v) is 5.04. The summed E-state index contributed by atoms with van der Waals surface area (Å²) in [4.78, 5) is 28.9. The van der Waals surface area contributed by atoms with E-state index in [-0.39, 0.29) is 11.8 Å². The van der Waals surface area contributed by atoms with Crippen molar-refractivity contribution >= 4 is 23.2 Å². The third kappa shape index (κ3) is 4.17. The van der Waals surface area contributed by atoms with Crippen molar-refractivity contribution in [1.29, 1.82) is 0 Å². The molecule has 2 aromatic carbocycles. The maximum Gasteiger partial charge on any atom is 0.253 e. The van der Waals surface area contributed by atoms with Crippen molar-refractivity contribution in [2.45, 2.75) is 19.3 Å². The Bertz CT molecular complexity index is 1010. The number of hydrogen-bond acceptors (Lipinski definition) is 3. The Morgan fingerprint density at radius 3 is 2.43 bits per heavy atom. The van der Waals surface area contributed by atoms with E-state index in [1.54, 1.807) is 18.4 Å². The standard InChI is InChI=1S/C25H26N2O2S/c1-26-24(29)25(18-19-7-5-10-21(17-19)22-11-6-16-30-22)12-14-27(15-13-25)23(28)20-8-3-2-4-9-20/h2-11,16-17H,12-15,18H2,1H3,(H,26,29). The molecule has 2 heterocycles. The van der Waals surface area contributed by atoms with E-state index in [2.05, 4.69) is 47.1 Å². The van der Waals surface area contributed by atoms with E-state index in [0.29, 0.717) is 37.9 Å². The Kier molecular flexibility index (Phi) is 6.00. The van der Waals surface area contributed by atoms with E-state index < -0.39 is 5.41 Å². The van der Waals surface area contributed by atoms with E-state index in [4.69, 9.17) is 0 Å². The second-order valence-electron chi connectivity index (χ2n) is 7.87. The Hall–Kier alpha value is -2.92. The van der Waals surface area contributed by atoms with Crippen LogP contribution in [0.25, 0.3) is 10.4 Å². The van der Waals surface area contributed by atoms with Crippen molar-refractivity contribution < 1.29 is 9.59 Å². The average Bonchev–Trinajstić information content (AvgIpc) is 3.34. The number of benzene rings is 2. The molecule has 1 aromatic heterocycles. The van der Waals surface area contributed by atoms with Crippen LogP contribution in [0.1, 0.15) is 28.8 Å². The van der Waals surface area contributed by atoms with E-state index in [0.717, 1.165) is 5.56 Å². The number of carbonyl (C=O) groups is 2. The van der Waals surface area contributed by atoms with E-state index in [9.17, 15) is 9.59 Å². The highest BCUT2D eigenvalue weighted by atomic mass is 32.1. The van der Waals surface area contributed by atoms with Crippen molar-refractivity contribution in [2.75, 3.05) is 20.1 Å². The van der Waals surface area contributed by atoms with Crippen molar-refractivity contribution in [3.63, 3.8) is 0 Å². The molecule has 5 heteroatoms. The molecule has 1 saturated heterocycles. The maximum absolute atomic E-state index is 12.9. The summed E-state index contributed by atoms with van der Waals surface area (Å²) in [7, 11) is 1.70. The van der Waals surface area contributed by atoms with Gasteiger partial charge in [0.25, 0.3) is 5.91 Å². The zero-order valence-electron chi connectivity index (χ0n) is 17.1. The van der Waals surface area contributed by atoms with Gasteiger partial charge in [0.1, 0.15) is 0 Å². The lowest BCUT2D eigenvalue weighted by molar-refractivity contribution is -0.133. The number of nitrogens with one attached hydrogen (secondary N) is 1. The number of hydrogen-bond donors (Lipinski definition) is 1. The molecule has 0 atom stereocenters. The molecule has 0 saturated carbocycles. The number of nitrogens with zero attached hydrogens (tertiary/aromatic N) is 1. The van der Waals surface area contributed by atoms with Gasteiger partial charge in [-0.05, 0) is 54.0 Å². The predicted molar refractivity (Wildman–Crippen MR) is 122 cm³/mol. The lowest BCUT2D eigenvalue weighted by atomic mass is 9.72. The first-order chi connectivity index (χ1) is 14.6. The molecule has 30 heavy (non-hydrogen) atoms. The molecular formula is C25H26N2O2S. The molecule has 1 aliphatic rings. The van der Waals surface area contributed by atoms with Crippen LogP contribution in [0.2, 0.25) is 0 Å². The third-order valence-corrected chi connectivity index (χ3v) is 6.93. The molecule has 1 N–H and O–H groups in total. The fourth-order valence-electron chi connectivity index (χ4n) is 4.32. The monoisotopic (exact) mass is 418 g/mol. The zero-order valence-corrected chi connectivity index (χ0v) is 18.0. The molecule has 0 spiro atoms. The summed E-state index contributed by atoms with van der Waals surface area (Å²) in [5.74, 6) is 0.108. The van der Waals surface area contributed by atoms with Gasteiger partial charge in [0.05, 0.1) is 5.41 Å². The summed E-state index contributed by atoms with van der Waals surface area (Å²) < 4.78 is 0. The SMILES string of the molecule is CNC(=O)C1(Cc2cccc(-c3cccs3)c2)CCN(C(=O)c2ccccc2)CC1. The largest absolute Gasteiger partial charge is 0.359 e. The Morgan fingerprint density at radius 2 is 1.77 bits per heavy atom. The van der Waals surface area contributed by atoms with Gasteiger partial charge in [-0.2, -0.15) is 0 Å². The van der Waals surface area contributed by atoms with Crippen LogP contribution in [0.15, 0.2) is 72.1 Å². The predicted octanol–water partition coefficient (Wildman–Crippen LogP) is 4.63. The van der Waals surface area contributed by atoms with Gasteiger partial charge in [-0.3, -0.25) is 9.59 Å². The van der Waals surface area contributed by atoms with Gasteiger partial charge >= 0.3 is 0 Å². The van der Waals surface area contributed by atoms with E-state index in [1.807, 2.05) is 35.2 Å². The first-order valence-corrected chi connectivity index (χ1v) is 11.2. The fraction of sp³-hybridized carbons (Fsp3) is 0.280. The van der Waals surface area contributed by atoms with Crippen LogP contribution in [0.3, 0.4) is 0 Å². The van der Waals surface area contributed by atoms with Crippen LogP contribution in [-0.4, -0.2) is 36.9 Å². The molecule has 4 rings (SSSR count). The van der Waals surface area contributed by atoms with Crippen LogP contribution in [0.4, 0.5) is 0 Å². The van der Waals surface area contributed by atoms with Gasteiger partial charge in [0.15, 0.2) is 0 Å². The summed E-state index contributed by atoms with van der Waals surface area (Å²) in [6.45, 7) is 1.18. The summed E-state index contributed by atoms with van der Waals surface area (Å²) in [5.41, 5.74) is 2.56. The molecule has 0 unspecified atom stereocenters. The maximum atomic E-state index is 12.9. The molecule has 1 aliphatic heterocycles. The molecule has 0 aliphatic carbocycles. The molecular weight excluding hydrogens is 392 g/mol. The zero-order chi connectivity index (χ0) is 21.0. The normalized spacial score (nSPS) is 15.6. The Labute approximate surface area is 181 Å². The summed E-state index contributed by atoms with van der Waals surface area (Å²) >= 11 is 1.72. The molecule has 4 nitrogen and oxygen atoms in total. The van der Waals surface area contributed by atoms with E-state index >= 15 is 0 Å². The highest BCUT2D eigenvalue weighted by Gasteiger charge is 2.42.